The molecule has 114 valence electrons. The molecular formula is C15H20FN3O2. The van der Waals surface area contributed by atoms with E-state index in [2.05, 4.69) is 10.6 Å². The summed E-state index contributed by atoms with van der Waals surface area (Å²) in [4.78, 5) is 25.4. The number of rotatable bonds is 6. The molecule has 0 unspecified atom stereocenters. The number of hydrogen-bond acceptors (Lipinski definition) is 3. The first kappa shape index (κ1) is 15.4. The highest BCUT2D eigenvalue weighted by Gasteiger charge is 2.27. The Morgan fingerprint density at radius 1 is 1.43 bits per heavy atom. The lowest BCUT2D eigenvalue weighted by Gasteiger charge is -2.23. The van der Waals surface area contributed by atoms with Crippen LogP contribution in [0.2, 0.25) is 0 Å². The minimum atomic E-state index is -0.404. The lowest BCUT2D eigenvalue weighted by atomic mass is 10.2. The maximum atomic E-state index is 13.0. The summed E-state index contributed by atoms with van der Waals surface area (Å²) in [6, 6.07) is 5.62. The van der Waals surface area contributed by atoms with E-state index in [0.29, 0.717) is 11.7 Å². The van der Waals surface area contributed by atoms with Crippen LogP contribution in [0.4, 0.5) is 10.1 Å². The van der Waals surface area contributed by atoms with Crippen molar-refractivity contribution in [3.63, 3.8) is 0 Å². The molecule has 6 heteroatoms. The summed E-state index contributed by atoms with van der Waals surface area (Å²) in [6.07, 6.45) is 2.06. The standard InChI is InChI=1S/C15H20FN3O2/c1-10(15(21)18-12-6-7-12)19(2)9-14(20)17-13-5-3-4-11(16)8-13/h3-5,8,10,12H,6-7,9H2,1-2H3,(H,17,20)(H,18,21)/t10-/m0/s1. The molecule has 1 aliphatic carbocycles. The van der Waals surface area contributed by atoms with E-state index >= 15 is 0 Å². The van der Waals surface area contributed by atoms with E-state index < -0.39 is 5.82 Å². The van der Waals surface area contributed by atoms with Gasteiger partial charge < -0.3 is 10.6 Å². The first-order valence-electron chi connectivity index (χ1n) is 7.01. The minimum absolute atomic E-state index is 0.0652. The van der Waals surface area contributed by atoms with Crippen molar-refractivity contribution in [2.24, 2.45) is 0 Å². The molecule has 5 nitrogen and oxygen atoms in total. The average Bonchev–Trinajstić information content (AvgIpc) is 3.21. The molecule has 0 bridgehead atoms. The first-order valence-corrected chi connectivity index (χ1v) is 7.01. The lowest BCUT2D eigenvalue weighted by Crippen LogP contribution is -2.46. The van der Waals surface area contributed by atoms with Gasteiger partial charge in [0.05, 0.1) is 12.6 Å². The third-order valence-electron chi connectivity index (χ3n) is 3.47. The van der Waals surface area contributed by atoms with Crippen LogP contribution in [0.1, 0.15) is 19.8 Å². The van der Waals surface area contributed by atoms with Gasteiger partial charge in [-0.2, -0.15) is 0 Å². The molecule has 2 N–H and O–H groups in total. The molecule has 1 fully saturated rings. The fourth-order valence-electron chi connectivity index (χ4n) is 1.88. The molecule has 1 atom stereocenters. The number of carbonyl (C=O) groups excluding carboxylic acids is 2. The zero-order chi connectivity index (χ0) is 15.4. The van der Waals surface area contributed by atoms with Crippen LogP contribution in [0.25, 0.3) is 0 Å². The molecule has 1 aliphatic rings. The van der Waals surface area contributed by atoms with Crippen molar-refractivity contribution in [2.75, 3.05) is 18.9 Å². The molecule has 1 aromatic carbocycles. The van der Waals surface area contributed by atoms with Gasteiger partial charge in [-0.3, -0.25) is 14.5 Å². The van der Waals surface area contributed by atoms with E-state index in [1.807, 2.05) is 0 Å². The van der Waals surface area contributed by atoms with Gasteiger partial charge in [0.2, 0.25) is 11.8 Å². The number of anilines is 1. The number of nitrogens with one attached hydrogen (secondary N) is 2. The van der Waals surface area contributed by atoms with Crippen LogP contribution < -0.4 is 10.6 Å². The molecule has 1 aromatic rings. The Labute approximate surface area is 123 Å². The zero-order valence-electron chi connectivity index (χ0n) is 12.2. The topological polar surface area (TPSA) is 61.4 Å². The van der Waals surface area contributed by atoms with Crippen molar-refractivity contribution in [3.8, 4) is 0 Å². The molecule has 0 radical (unpaired) electrons. The number of amides is 2. The van der Waals surface area contributed by atoms with Crippen LogP contribution >= 0.6 is 0 Å². The Hall–Kier alpha value is -1.95. The van der Waals surface area contributed by atoms with Crippen molar-refractivity contribution < 1.29 is 14.0 Å². The fourth-order valence-corrected chi connectivity index (χ4v) is 1.88. The van der Waals surface area contributed by atoms with Gasteiger partial charge in [-0.05, 0) is 45.0 Å². The fraction of sp³-hybridized carbons (Fsp3) is 0.467. The summed E-state index contributed by atoms with van der Waals surface area (Å²) >= 11 is 0. The van der Waals surface area contributed by atoms with Crippen LogP contribution in [0.5, 0.6) is 0 Å². The van der Waals surface area contributed by atoms with Gasteiger partial charge in [-0.15, -0.1) is 0 Å². The lowest BCUT2D eigenvalue weighted by molar-refractivity contribution is -0.126. The van der Waals surface area contributed by atoms with Crippen molar-refractivity contribution in [1.82, 2.24) is 10.2 Å². The molecule has 21 heavy (non-hydrogen) atoms. The van der Waals surface area contributed by atoms with Crippen LogP contribution in [-0.4, -0.2) is 42.4 Å². The summed E-state index contributed by atoms with van der Waals surface area (Å²) in [5.41, 5.74) is 0.406. The van der Waals surface area contributed by atoms with Gasteiger partial charge in [-0.25, -0.2) is 4.39 Å². The summed E-state index contributed by atoms with van der Waals surface area (Å²) in [5.74, 6) is -0.758. The largest absolute Gasteiger partial charge is 0.352 e. The first-order chi connectivity index (χ1) is 9.95. The Kier molecular flexibility index (Phi) is 4.90. The van der Waals surface area contributed by atoms with Crippen LogP contribution in [0.15, 0.2) is 24.3 Å². The maximum absolute atomic E-state index is 13.0. The van der Waals surface area contributed by atoms with E-state index in [-0.39, 0.29) is 24.4 Å². The molecule has 0 spiro atoms. The third kappa shape index (κ3) is 4.82. The van der Waals surface area contributed by atoms with Crippen molar-refractivity contribution >= 4 is 17.5 Å². The zero-order valence-corrected chi connectivity index (χ0v) is 12.2. The van der Waals surface area contributed by atoms with E-state index in [1.54, 1.807) is 24.9 Å². The van der Waals surface area contributed by atoms with Gasteiger partial charge in [-0.1, -0.05) is 6.07 Å². The normalized spacial score (nSPS) is 15.6. The predicted octanol–water partition coefficient (Wildman–Crippen LogP) is 1.36. The Bertz CT molecular complexity index is 531. The number of likely N-dealkylation sites (N-methyl/N-ethyl adjacent to an activating group) is 1. The monoisotopic (exact) mass is 293 g/mol. The summed E-state index contributed by atoms with van der Waals surface area (Å²) in [5, 5.41) is 5.51. The predicted molar refractivity (Wildman–Crippen MR) is 78.3 cm³/mol. The Morgan fingerprint density at radius 3 is 2.76 bits per heavy atom. The van der Waals surface area contributed by atoms with E-state index in [0.717, 1.165) is 12.8 Å². The van der Waals surface area contributed by atoms with Crippen molar-refractivity contribution in [1.29, 1.82) is 0 Å². The van der Waals surface area contributed by atoms with E-state index in [9.17, 15) is 14.0 Å². The second-order valence-corrected chi connectivity index (χ2v) is 5.43. The SMILES string of the molecule is C[C@@H](C(=O)NC1CC1)N(C)CC(=O)Nc1cccc(F)c1. The highest BCUT2D eigenvalue weighted by molar-refractivity contribution is 5.92. The number of hydrogen-bond donors (Lipinski definition) is 2. The van der Waals surface area contributed by atoms with Crippen LogP contribution in [0, 0.1) is 5.82 Å². The molecule has 0 saturated heterocycles. The molecule has 2 rings (SSSR count). The summed E-state index contributed by atoms with van der Waals surface area (Å²) in [7, 11) is 1.71. The van der Waals surface area contributed by atoms with Gasteiger partial charge in [0, 0.05) is 11.7 Å². The molecular weight excluding hydrogens is 273 g/mol. The van der Waals surface area contributed by atoms with Gasteiger partial charge in [0.15, 0.2) is 0 Å². The van der Waals surface area contributed by atoms with Gasteiger partial charge in [0.25, 0.3) is 0 Å². The quantitative estimate of drug-likeness (QED) is 0.832. The molecule has 0 aromatic heterocycles. The minimum Gasteiger partial charge on any atom is -0.352 e. The highest BCUT2D eigenvalue weighted by atomic mass is 19.1. The Morgan fingerprint density at radius 2 is 2.14 bits per heavy atom. The number of carbonyl (C=O) groups is 2. The highest BCUT2D eigenvalue weighted by Crippen LogP contribution is 2.19. The van der Waals surface area contributed by atoms with Crippen molar-refractivity contribution in [2.45, 2.75) is 31.8 Å². The average molecular weight is 293 g/mol. The van der Waals surface area contributed by atoms with E-state index in [4.69, 9.17) is 0 Å². The number of benzene rings is 1. The Balaban J connectivity index is 1.81. The molecule has 0 aliphatic heterocycles. The summed E-state index contributed by atoms with van der Waals surface area (Å²) in [6.45, 7) is 1.82. The second kappa shape index (κ2) is 6.67. The smallest absolute Gasteiger partial charge is 0.238 e. The number of halogens is 1. The molecule has 2 amide bonds. The maximum Gasteiger partial charge on any atom is 0.238 e. The molecule has 0 heterocycles. The summed E-state index contributed by atoms with van der Waals surface area (Å²) < 4.78 is 13.0. The molecule has 1 saturated carbocycles. The van der Waals surface area contributed by atoms with Crippen molar-refractivity contribution in [3.05, 3.63) is 30.1 Å². The number of nitrogens with zero attached hydrogens (tertiary/aromatic N) is 1. The van der Waals surface area contributed by atoms with Crippen LogP contribution in [0.3, 0.4) is 0 Å². The van der Waals surface area contributed by atoms with Gasteiger partial charge >= 0.3 is 0 Å². The van der Waals surface area contributed by atoms with Gasteiger partial charge in [0.1, 0.15) is 5.82 Å². The van der Waals surface area contributed by atoms with E-state index in [1.165, 1.54) is 18.2 Å². The van der Waals surface area contributed by atoms with Crippen LogP contribution in [-0.2, 0) is 9.59 Å². The third-order valence-corrected chi connectivity index (χ3v) is 3.47. The second-order valence-electron chi connectivity index (χ2n) is 5.43.